The molecule has 29 heavy (non-hydrogen) atoms. The molecule has 5 nitrogen and oxygen atoms in total. The summed E-state index contributed by atoms with van der Waals surface area (Å²) in [5.74, 6) is 2.09. The van der Waals surface area contributed by atoms with Crippen LogP contribution in [0.2, 0.25) is 0 Å². The lowest BCUT2D eigenvalue weighted by atomic mass is 9.99. The number of carbonyl (C=O) groups is 1. The van der Waals surface area contributed by atoms with Gasteiger partial charge in [0.05, 0.1) is 5.56 Å². The third-order valence-electron chi connectivity index (χ3n) is 4.84. The fourth-order valence-electron chi connectivity index (χ4n) is 2.99. The summed E-state index contributed by atoms with van der Waals surface area (Å²) in [6, 6.07) is 18.9. The Labute approximate surface area is 171 Å². The van der Waals surface area contributed by atoms with Crippen LogP contribution in [0, 0.1) is 12.8 Å². The summed E-state index contributed by atoms with van der Waals surface area (Å²) >= 11 is 0. The Hall–Kier alpha value is -3.34. The van der Waals surface area contributed by atoms with Gasteiger partial charge in [0.1, 0.15) is 17.3 Å². The first kappa shape index (κ1) is 20.4. The highest BCUT2D eigenvalue weighted by atomic mass is 16.5. The molecule has 1 amide bonds. The van der Waals surface area contributed by atoms with E-state index in [0.717, 1.165) is 24.3 Å². The van der Waals surface area contributed by atoms with Crippen LogP contribution in [-0.4, -0.2) is 10.9 Å². The number of pyridine rings is 1. The molecule has 0 aliphatic carbocycles. The van der Waals surface area contributed by atoms with Crippen molar-refractivity contribution in [2.75, 3.05) is 11.1 Å². The summed E-state index contributed by atoms with van der Waals surface area (Å²) in [7, 11) is 0. The van der Waals surface area contributed by atoms with Gasteiger partial charge in [0, 0.05) is 11.4 Å². The lowest BCUT2D eigenvalue weighted by molar-refractivity contribution is 0.102. The highest BCUT2D eigenvalue weighted by Crippen LogP contribution is 2.25. The number of carbonyl (C=O) groups excluding carboxylic acids is 1. The third-order valence-corrected chi connectivity index (χ3v) is 4.84. The molecule has 1 unspecified atom stereocenters. The number of rotatable bonds is 7. The average Bonchev–Trinajstić information content (AvgIpc) is 2.69. The number of amides is 1. The van der Waals surface area contributed by atoms with E-state index in [1.165, 1.54) is 5.56 Å². The standard InChI is InChI=1S/C24H27N3O2/c1-4-16(2)14-18-6-5-7-21(15-18)29-20-11-9-19(10-12-20)27-24(28)22-13-8-17(3)26-23(22)25/h5-13,15-16H,4,14H2,1-3H3,(H2,25,26)(H,27,28). The van der Waals surface area contributed by atoms with Crippen molar-refractivity contribution in [2.45, 2.75) is 33.6 Å². The number of benzene rings is 2. The minimum atomic E-state index is -0.290. The van der Waals surface area contributed by atoms with Crippen LogP contribution in [0.15, 0.2) is 60.7 Å². The van der Waals surface area contributed by atoms with Gasteiger partial charge in [-0.2, -0.15) is 0 Å². The molecule has 3 N–H and O–H groups in total. The molecule has 3 aromatic rings. The summed E-state index contributed by atoms with van der Waals surface area (Å²) < 4.78 is 5.97. The van der Waals surface area contributed by atoms with E-state index < -0.39 is 0 Å². The maximum atomic E-state index is 12.4. The van der Waals surface area contributed by atoms with Crippen molar-refractivity contribution in [1.82, 2.24) is 4.98 Å². The zero-order valence-corrected chi connectivity index (χ0v) is 17.1. The van der Waals surface area contributed by atoms with Crippen molar-refractivity contribution in [3.8, 4) is 11.5 Å². The summed E-state index contributed by atoms with van der Waals surface area (Å²) in [6.45, 7) is 6.28. The second kappa shape index (κ2) is 9.24. The van der Waals surface area contributed by atoms with Crippen LogP contribution >= 0.6 is 0 Å². The number of nitrogens with one attached hydrogen (secondary N) is 1. The van der Waals surface area contributed by atoms with Gasteiger partial charge in [-0.05, 0) is 73.4 Å². The van der Waals surface area contributed by atoms with Crippen LogP contribution in [0.5, 0.6) is 11.5 Å². The van der Waals surface area contributed by atoms with E-state index in [1.54, 1.807) is 24.3 Å². The Balaban J connectivity index is 1.64. The summed E-state index contributed by atoms with van der Waals surface area (Å²) in [5, 5.41) is 2.83. The highest BCUT2D eigenvalue weighted by molar-refractivity contribution is 6.07. The third kappa shape index (κ3) is 5.57. The minimum absolute atomic E-state index is 0.222. The maximum Gasteiger partial charge on any atom is 0.259 e. The predicted molar refractivity (Wildman–Crippen MR) is 117 cm³/mol. The van der Waals surface area contributed by atoms with E-state index in [0.29, 0.717) is 22.9 Å². The molecule has 150 valence electrons. The number of aromatic nitrogens is 1. The van der Waals surface area contributed by atoms with E-state index in [2.05, 4.69) is 36.3 Å². The molecule has 0 radical (unpaired) electrons. The molecule has 2 aromatic carbocycles. The van der Waals surface area contributed by atoms with Crippen LogP contribution in [0.1, 0.15) is 41.9 Å². The molecule has 0 aliphatic rings. The summed E-state index contributed by atoms with van der Waals surface area (Å²) in [5.41, 5.74) is 8.90. The first-order chi connectivity index (χ1) is 13.9. The molecule has 5 heteroatoms. The van der Waals surface area contributed by atoms with Crippen molar-refractivity contribution in [1.29, 1.82) is 0 Å². The normalized spacial score (nSPS) is 11.7. The summed E-state index contributed by atoms with van der Waals surface area (Å²) in [6.07, 6.45) is 2.19. The van der Waals surface area contributed by atoms with Crippen LogP contribution in [0.25, 0.3) is 0 Å². The first-order valence-corrected chi connectivity index (χ1v) is 9.86. The molecule has 0 aliphatic heterocycles. The average molecular weight is 389 g/mol. The van der Waals surface area contributed by atoms with Crippen LogP contribution in [0.3, 0.4) is 0 Å². The topological polar surface area (TPSA) is 77.2 Å². The van der Waals surface area contributed by atoms with Crippen LogP contribution in [0.4, 0.5) is 11.5 Å². The molecule has 0 saturated carbocycles. The lowest BCUT2D eigenvalue weighted by Gasteiger charge is -2.11. The van der Waals surface area contributed by atoms with E-state index in [1.807, 2.05) is 31.2 Å². The van der Waals surface area contributed by atoms with E-state index in [9.17, 15) is 4.79 Å². The largest absolute Gasteiger partial charge is 0.457 e. The molecule has 1 heterocycles. The van der Waals surface area contributed by atoms with Crippen molar-refractivity contribution < 1.29 is 9.53 Å². The van der Waals surface area contributed by atoms with Gasteiger partial charge in [-0.3, -0.25) is 4.79 Å². The molecule has 0 bridgehead atoms. The molecule has 0 saturated heterocycles. The van der Waals surface area contributed by atoms with Gasteiger partial charge in [-0.1, -0.05) is 32.4 Å². The number of nitrogen functional groups attached to an aromatic ring is 1. The second-order valence-electron chi connectivity index (χ2n) is 7.33. The van der Waals surface area contributed by atoms with Crippen molar-refractivity contribution in [3.63, 3.8) is 0 Å². The number of nitrogens with two attached hydrogens (primary N) is 1. The molecule has 3 rings (SSSR count). The van der Waals surface area contributed by atoms with Crippen molar-refractivity contribution in [3.05, 3.63) is 77.5 Å². The molecular formula is C24H27N3O2. The van der Waals surface area contributed by atoms with E-state index in [-0.39, 0.29) is 11.7 Å². The Morgan fingerprint density at radius 3 is 2.55 bits per heavy atom. The number of anilines is 2. The fraction of sp³-hybridized carbons (Fsp3) is 0.250. The summed E-state index contributed by atoms with van der Waals surface area (Å²) in [4.78, 5) is 16.5. The van der Waals surface area contributed by atoms with Gasteiger partial charge in [0.25, 0.3) is 5.91 Å². The maximum absolute atomic E-state index is 12.4. The zero-order chi connectivity index (χ0) is 20.8. The van der Waals surface area contributed by atoms with Gasteiger partial charge < -0.3 is 15.8 Å². The van der Waals surface area contributed by atoms with Gasteiger partial charge in [0.15, 0.2) is 0 Å². The lowest BCUT2D eigenvalue weighted by Crippen LogP contribution is -2.15. The molecule has 1 aromatic heterocycles. The predicted octanol–water partition coefficient (Wildman–Crippen LogP) is 5.61. The van der Waals surface area contributed by atoms with Gasteiger partial charge in [0.2, 0.25) is 0 Å². The quantitative estimate of drug-likeness (QED) is 0.551. The van der Waals surface area contributed by atoms with Crippen molar-refractivity contribution in [2.24, 2.45) is 5.92 Å². The molecule has 0 fully saturated rings. The zero-order valence-electron chi connectivity index (χ0n) is 17.1. The van der Waals surface area contributed by atoms with Crippen molar-refractivity contribution >= 4 is 17.4 Å². The number of ether oxygens (including phenoxy) is 1. The number of hydrogen-bond donors (Lipinski definition) is 2. The van der Waals surface area contributed by atoms with E-state index in [4.69, 9.17) is 10.5 Å². The number of nitrogens with zero attached hydrogens (tertiary/aromatic N) is 1. The first-order valence-electron chi connectivity index (χ1n) is 9.86. The smallest absolute Gasteiger partial charge is 0.259 e. The molecule has 0 spiro atoms. The van der Waals surface area contributed by atoms with Gasteiger partial charge in [-0.15, -0.1) is 0 Å². The van der Waals surface area contributed by atoms with Crippen LogP contribution < -0.4 is 15.8 Å². The molecular weight excluding hydrogens is 362 g/mol. The monoisotopic (exact) mass is 389 g/mol. The Morgan fingerprint density at radius 1 is 1.10 bits per heavy atom. The Morgan fingerprint density at radius 2 is 1.86 bits per heavy atom. The minimum Gasteiger partial charge on any atom is -0.457 e. The SMILES string of the molecule is CCC(C)Cc1cccc(Oc2ccc(NC(=O)c3ccc(C)nc3N)cc2)c1. The second-order valence-corrected chi connectivity index (χ2v) is 7.33. The van der Waals surface area contributed by atoms with Gasteiger partial charge in [-0.25, -0.2) is 4.98 Å². The molecule has 1 atom stereocenters. The Bertz CT molecular complexity index is 984. The fourth-order valence-corrected chi connectivity index (χ4v) is 2.99. The highest BCUT2D eigenvalue weighted by Gasteiger charge is 2.11. The van der Waals surface area contributed by atoms with E-state index >= 15 is 0 Å². The number of aryl methyl sites for hydroxylation is 1. The van der Waals surface area contributed by atoms with Gasteiger partial charge >= 0.3 is 0 Å². The Kier molecular flexibility index (Phi) is 6.50. The number of hydrogen-bond acceptors (Lipinski definition) is 4. The van der Waals surface area contributed by atoms with Crippen LogP contribution in [-0.2, 0) is 6.42 Å².